The maximum absolute atomic E-state index is 13.7. The van der Waals surface area contributed by atoms with Crippen LogP contribution in [0.5, 0.6) is 0 Å². The molecule has 1 unspecified atom stereocenters. The van der Waals surface area contributed by atoms with Crippen molar-refractivity contribution < 1.29 is 26.7 Å². The van der Waals surface area contributed by atoms with E-state index in [4.69, 9.17) is 4.74 Å². The minimum Gasteiger partial charge on any atom is -0.494 e. The van der Waals surface area contributed by atoms with Crippen LogP contribution in [0.15, 0.2) is 24.5 Å². The monoisotopic (exact) mass is 306 g/mol. The van der Waals surface area contributed by atoms with Crippen LogP contribution < -0.4 is 0 Å². The van der Waals surface area contributed by atoms with Gasteiger partial charge in [0.25, 0.3) is 0 Å². The largest absolute Gasteiger partial charge is 0.494 e. The van der Waals surface area contributed by atoms with E-state index in [1.807, 2.05) is 0 Å². The van der Waals surface area contributed by atoms with Crippen molar-refractivity contribution in [1.82, 2.24) is 0 Å². The number of alkyl halides is 3. The van der Waals surface area contributed by atoms with E-state index in [1.165, 1.54) is 12.3 Å². The Bertz CT molecular complexity index is 549. The molecule has 0 aromatic heterocycles. The first kappa shape index (κ1) is 15.8. The topological polar surface area (TPSA) is 9.23 Å². The number of rotatable bonds is 3. The van der Waals surface area contributed by atoms with Gasteiger partial charge in [-0.3, -0.25) is 0 Å². The van der Waals surface area contributed by atoms with Crippen molar-refractivity contribution in [3.8, 4) is 0 Å². The smallest absolute Gasteiger partial charge is 0.392 e. The Labute approximate surface area is 119 Å². The summed E-state index contributed by atoms with van der Waals surface area (Å²) in [7, 11) is 0. The average Bonchev–Trinajstić information content (AvgIpc) is 2.38. The highest BCUT2D eigenvalue weighted by molar-refractivity contribution is 5.65. The van der Waals surface area contributed by atoms with E-state index in [-0.39, 0.29) is 24.8 Å². The minimum atomic E-state index is -4.32. The molecule has 1 nitrogen and oxygen atoms in total. The predicted molar refractivity (Wildman–Crippen MR) is 68.3 cm³/mol. The van der Waals surface area contributed by atoms with Gasteiger partial charge in [0.05, 0.1) is 12.7 Å². The Morgan fingerprint density at radius 2 is 1.95 bits per heavy atom. The van der Waals surface area contributed by atoms with Crippen LogP contribution in [0.2, 0.25) is 0 Å². The molecule has 1 aromatic rings. The van der Waals surface area contributed by atoms with Crippen LogP contribution in [0, 0.1) is 11.6 Å². The van der Waals surface area contributed by atoms with E-state index in [0.29, 0.717) is 5.57 Å². The molecule has 0 aliphatic carbocycles. The van der Waals surface area contributed by atoms with Gasteiger partial charge in [-0.1, -0.05) is 6.92 Å². The van der Waals surface area contributed by atoms with Crippen LogP contribution in [-0.2, 0) is 4.74 Å². The Hall–Kier alpha value is -1.59. The molecule has 0 saturated heterocycles. The van der Waals surface area contributed by atoms with Gasteiger partial charge in [0.2, 0.25) is 0 Å². The number of ether oxygens (including phenoxy) is 1. The molecule has 0 N–H and O–H groups in total. The highest BCUT2D eigenvalue weighted by atomic mass is 19.4. The maximum atomic E-state index is 13.7. The fourth-order valence-electron chi connectivity index (χ4n) is 2.50. The summed E-state index contributed by atoms with van der Waals surface area (Å²) in [5, 5.41) is 0. The van der Waals surface area contributed by atoms with Crippen molar-refractivity contribution in [2.75, 3.05) is 0 Å². The zero-order valence-electron chi connectivity index (χ0n) is 11.4. The SMILES string of the molecule is CCC1(CC(F)(F)F)CCC(c2ccc(F)cc2F)=CO1. The quantitative estimate of drug-likeness (QED) is 0.696. The molecule has 6 heteroatoms. The Morgan fingerprint density at radius 1 is 1.24 bits per heavy atom. The fraction of sp³-hybridized carbons (Fsp3) is 0.467. The first-order chi connectivity index (χ1) is 9.75. The molecule has 1 aliphatic rings. The zero-order valence-corrected chi connectivity index (χ0v) is 11.4. The van der Waals surface area contributed by atoms with Crippen molar-refractivity contribution in [3.05, 3.63) is 41.7 Å². The van der Waals surface area contributed by atoms with Crippen LogP contribution in [0.3, 0.4) is 0 Å². The number of halogens is 5. The van der Waals surface area contributed by atoms with E-state index in [2.05, 4.69) is 0 Å². The van der Waals surface area contributed by atoms with Gasteiger partial charge in [-0.2, -0.15) is 13.2 Å². The molecule has 2 rings (SSSR count). The molecule has 0 radical (unpaired) electrons. The number of hydrogen-bond donors (Lipinski definition) is 0. The van der Waals surface area contributed by atoms with Gasteiger partial charge in [-0.15, -0.1) is 0 Å². The standard InChI is InChI=1S/C15H15F5O/c1-2-14(9-15(18,19)20)6-5-10(8-21-14)12-4-3-11(16)7-13(12)17/h3-4,7-8H,2,5-6,9H2,1H3. The Kier molecular flexibility index (Phi) is 4.25. The second-order valence-electron chi connectivity index (χ2n) is 5.21. The van der Waals surface area contributed by atoms with Crippen LogP contribution in [0.4, 0.5) is 22.0 Å². The predicted octanol–water partition coefficient (Wildman–Crippen LogP) is 5.22. The third-order valence-corrected chi connectivity index (χ3v) is 3.75. The molecule has 1 atom stereocenters. The fourth-order valence-corrected chi connectivity index (χ4v) is 2.50. The maximum Gasteiger partial charge on any atom is 0.392 e. The molecule has 116 valence electrons. The Morgan fingerprint density at radius 3 is 2.43 bits per heavy atom. The van der Waals surface area contributed by atoms with E-state index in [9.17, 15) is 22.0 Å². The molecule has 1 aliphatic heterocycles. The molecular weight excluding hydrogens is 291 g/mol. The van der Waals surface area contributed by atoms with Gasteiger partial charge in [0.15, 0.2) is 0 Å². The van der Waals surface area contributed by atoms with Gasteiger partial charge in [0.1, 0.15) is 17.2 Å². The van der Waals surface area contributed by atoms with Gasteiger partial charge in [-0.25, -0.2) is 8.78 Å². The van der Waals surface area contributed by atoms with Crippen molar-refractivity contribution in [1.29, 1.82) is 0 Å². The lowest BCUT2D eigenvalue weighted by Gasteiger charge is -2.36. The van der Waals surface area contributed by atoms with Gasteiger partial charge >= 0.3 is 6.18 Å². The van der Waals surface area contributed by atoms with Crippen molar-refractivity contribution >= 4 is 5.57 Å². The molecule has 0 fully saturated rings. The van der Waals surface area contributed by atoms with Gasteiger partial charge in [0, 0.05) is 11.6 Å². The molecular formula is C15H15F5O. The lowest BCUT2D eigenvalue weighted by molar-refractivity contribution is -0.181. The van der Waals surface area contributed by atoms with E-state index in [0.717, 1.165) is 12.1 Å². The number of allylic oxidation sites excluding steroid dienone is 1. The Balaban J connectivity index is 2.21. The summed E-state index contributed by atoms with van der Waals surface area (Å²) in [6.07, 6.45) is -3.57. The highest BCUT2D eigenvalue weighted by Gasteiger charge is 2.44. The molecule has 0 saturated carbocycles. The van der Waals surface area contributed by atoms with Crippen molar-refractivity contribution in [3.63, 3.8) is 0 Å². The first-order valence-corrected chi connectivity index (χ1v) is 6.64. The molecule has 21 heavy (non-hydrogen) atoms. The summed E-state index contributed by atoms with van der Waals surface area (Å²) in [5.74, 6) is -1.45. The summed E-state index contributed by atoms with van der Waals surface area (Å²) < 4.78 is 69.6. The summed E-state index contributed by atoms with van der Waals surface area (Å²) in [4.78, 5) is 0. The van der Waals surface area contributed by atoms with Gasteiger partial charge in [-0.05, 0) is 37.0 Å². The third-order valence-electron chi connectivity index (χ3n) is 3.75. The zero-order chi connectivity index (χ0) is 15.7. The van der Waals surface area contributed by atoms with Crippen LogP contribution >= 0.6 is 0 Å². The third kappa shape index (κ3) is 3.74. The van der Waals surface area contributed by atoms with E-state index >= 15 is 0 Å². The normalized spacial score (nSPS) is 22.7. The van der Waals surface area contributed by atoms with Crippen molar-refractivity contribution in [2.45, 2.75) is 44.4 Å². The van der Waals surface area contributed by atoms with Crippen LogP contribution in [-0.4, -0.2) is 11.8 Å². The van der Waals surface area contributed by atoms with Crippen molar-refractivity contribution in [2.24, 2.45) is 0 Å². The number of hydrogen-bond acceptors (Lipinski definition) is 1. The minimum absolute atomic E-state index is 0.145. The van der Waals surface area contributed by atoms with Crippen LogP contribution in [0.25, 0.3) is 5.57 Å². The molecule has 0 spiro atoms. The number of benzene rings is 1. The summed E-state index contributed by atoms with van der Waals surface area (Å²) in [5.41, 5.74) is -0.690. The molecule has 0 amide bonds. The molecule has 0 bridgehead atoms. The second-order valence-corrected chi connectivity index (χ2v) is 5.21. The van der Waals surface area contributed by atoms with E-state index < -0.39 is 29.8 Å². The molecule has 1 heterocycles. The average molecular weight is 306 g/mol. The highest BCUT2D eigenvalue weighted by Crippen LogP contribution is 2.41. The summed E-state index contributed by atoms with van der Waals surface area (Å²) >= 11 is 0. The first-order valence-electron chi connectivity index (χ1n) is 6.64. The van der Waals surface area contributed by atoms with Crippen LogP contribution in [0.1, 0.15) is 38.2 Å². The summed E-state index contributed by atoms with van der Waals surface area (Å²) in [6, 6.07) is 3.12. The van der Waals surface area contributed by atoms with Gasteiger partial charge < -0.3 is 4.74 Å². The second kappa shape index (κ2) is 5.66. The lowest BCUT2D eigenvalue weighted by atomic mass is 9.85. The lowest BCUT2D eigenvalue weighted by Crippen LogP contribution is -2.37. The molecule has 1 aromatic carbocycles. The summed E-state index contributed by atoms with van der Waals surface area (Å²) in [6.45, 7) is 1.63. The van der Waals surface area contributed by atoms with E-state index in [1.54, 1.807) is 6.92 Å².